The molecule has 8 nitrogen and oxygen atoms in total. The molecule has 2 amide bonds. The number of nitrogens with zero attached hydrogens (tertiary/aromatic N) is 3. The highest BCUT2D eigenvalue weighted by atomic mass is 16.5. The van der Waals surface area contributed by atoms with Crippen molar-refractivity contribution in [2.75, 3.05) is 51.3 Å². The Morgan fingerprint density at radius 2 is 2.17 bits per heavy atom. The van der Waals surface area contributed by atoms with E-state index in [2.05, 4.69) is 15.4 Å². The lowest BCUT2D eigenvalue weighted by Crippen LogP contribution is -2.42. The summed E-state index contributed by atoms with van der Waals surface area (Å²) < 4.78 is 10.2. The van der Waals surface area contributed by atoms with Gasteiger partial charge in [0, 0.05) is 45.2 Å². The lowest BCUT2D eigenvalue weighted by atomic mass is 10.1. The summed E-state index contributed by atoms with van der Waals surface area (Å²) in [5.41, 5.74) is 0. The fourth-order valence-corrected chi connectivity index (χ4v) is 2.90. The van der Waals surface area contributed by atoms with Crippen LogP contribution in [0, 0.1) is 12.8 Å². The highest BCUT2D eigenvalue weighted by Crippen LogP contribution is 2.20. The van der Waals surface area contributed by atoms with Crippen LogP contribution in [-0.2, 0) is 14.3 Å². The number of carbonyl (C=O) groups excluding carboxylic acids is 2. The van der Waals surface area contributed by atoms with Crippen molar-refractivity contribution in [3.8, 4) is 0 Å². The van der Waals surface area contributed by atoms with Gasteiger partial charge in [0.15, 0.2) is 5.82 Å². The highest BCUT2D eigenvalue weighted by molar-refractivity contribution is 5.96. The molecule has 2 aliphatic rings. The molecule has 0 spiro atoms. The quantitative estimate of drug-likeness (QED) is 0.827. The monoisotopic (exact) mass is 322 g/mol. The van der Waals surface area contributed by atoms with Crippen LogP contribution < -0.4 is 5.32 Å². The van der Waals surface area contributed by atoms with E-state index >= 15 is 0 Å². The topological polar surface area (TPSA) is 87.9 Å². The van der Waals surface area contributed by atoms with Gasteiger partial charge in [0.25, 0.3) is 0 Å². The average molecular weight is 322 g/mol. The molecule has 1 atom stereocenters. The first kappa shape index (κ1) is 15.9. The molecule has 1 aromatic rings. The van der Waals surface area contributed by atoms with Gasteiger partial charge in [-0.3, -0.25) is 14.5 Å². The van der Waals surface area contributed by atoms with E-state index in [0.717, 1.165) is 32.8 Å². The number of hydrogen-bond donors (Lipinski definition) is 1. The zero-order valence-corrected chi connectivity index (χ0v) is 13.3. The standard InChI is InChI=1S/C15H22N4O4/c1-11-8-13(17-23-11)16-15(21)12-9-14(20)19(10-12)3-2-18-4-6-22-7-5-18/h8,12H,2-7,9-10H2,1H3,(H,16,17,21). The first-order valence-electron chi connectivity index (χ1n) is 7.94. The van der Waals surface area contributed by atoms with E-state index in [0.29, 0.717) is 24.7 Å². The van der Waals surface area contributed by atoms with E-state index < -0.39 is 0 Å². The molecule has 0 aliphatic carbocycles. The molecule has 0 radical (unpaired) electrons. The van der Waals surface area contributed by atoms with Crippen LogP contribution >= 0.6 is 0 Å². The second-order valence-electron chi connectivity index (χ2n) is 6.01. The van der Waals surface area contributed by atoms with Gasteiger partial charge in [0.1, 0.15) is 5.76 Å². The van der Waals surface area contributed by atoms with Crippen LogP contribution in [-0.4, -0.2) is 72.7 Å². The Balaban J connectivity index is 1.47. The van der Waals surface area contributed by atoms with E-state index in [1.807, 2.05) is 0 Å². The van der Waals surface area contributed by atoms with E-state index in [1.165, 1.54) is 0 Å². The van der Waals surface area contributed by atoms with Crippen LogP contribution in [0.4, 0.5) is 5.82 Å². The third-order valence-corrected chi connectivity index (χ3v) is 4.25. The molecule has 1 aromatic heterocycles. The zero-order chi connectivity index (χ0) is 16.2. The molecule has 2 aliphatic heterocycles. The fourth-order valence-electron chi connectivity index (χ4n) is 2.90. The number of carbonyl (C=O) groups is 2. The Morgan fingerprint density at radius 1 is 1.39 bits per heavy atom. The molecule has 0 bridgehead atoms. The van der Waals surface area contributed by atoms with Crippen molar-refractivity contribution in [3.63, 3.8) is 0 Å². The normalized spacial score (nSPS) is 22.6. The molecule has 1 N–H and O–H groups in total. The maximum Gasteiger partial charge on any atom is 0.231 e. The Kier molecular flexibility index (Phi) is 4.92. The number of ether oxygens (including phenoxy) is 1. The first-order valence-corrected chi connectivity index (χ1v) is 7.94. The van der Waals surface area contributed by atoms with Crippen LogP contribution in [0.1, 0.15) is 12.2 Å². The second-order valence-corrected chi connectivity index (χ2v) is 6.01. The average Bonchev–Trinajstić information content (AvgIpc) is 3.12. The van der Waals surface area contributed by atoms with Gasteiger partial charge in [-0.25, -0.2) is 0 Å². The van der Waals surface area contributed by atoms with Gasteiger partial charge < -0.3 is 19.5 Å². The largest absolute Gasteiger partial charge is 0.379 e. The summed E-state index contributed by atoms with van der Waals surface area (Å²) >= 11 is 0. The minimum Gasteiger partial charge on any atom is -0.379 e. The minimum atomic E-state index is -0.329. The Bertz CT molecular complexity index is 568. The molecule has 3 heterocycles. The Labute approximate surface area is 134 Å². The number of aromatic nitrogens is 1. The highest BCUT2D eigenvalue weighted by Gasteiger charge is 2.34. The van der Waals surface area contributed by atoms with Crippen LogP contribution in [0.3, 0.4) is 0 Å². The zero-order valence-electron chi connectivity index (χ0n) is 13.3. The van der Waals surface area contributed by atoms with E-state index in [-0.39, 0.29) is 24.2 Å². The maximum atomic E-state index is 12.2. The number of likely N-dealkylation sites (tertiary alicyclic amines) is 1. The van der Waals surface area contributed by atoms with Crippen LogP contribution in [0.25, 0.3) is 0 Å². The lowest BCUT2D eigenvalue weighted by molar-refractivity contribution is -0.128. The summed E-state index contributed by atoms with van der Waals surface area (Å²) in [5, 5.41) is 6.44. The van der Waals surface area contributed by atoms with Gasteiger partial charge in [-0.1, -0.05) is 5.16 Å². The molecule has 1 unspecified atom stereocenters. The van der Waals surface area contributed by atoms with Gasteiger partial charge in [0.2, 0.25) is 11.8 Å². The van der Waals surface area contributed by atoms with Crippen molar-refractivity contribution in [1.82, 2.24) is 15.0 Å². The number of morpholine rings is 1. The Morgan fingerprint density at radius 3 is 2.87 bits per heavy atom. The number of rotatable bonds is 5. The summed E-state index contributed by atoms with van der Waals surface area (Å²) in [4.78, 5) is 28.4. The summed E-state index contributed by atoms with van der Waals surface area (Å²) in [5.74, 6) is 0.557. The smallest absolute Gasteiger partial charge is 0.231 e. The number of nitrogens with one attached hydrogen (secondary N) is 1. The molecule has 3 rings (SSSR count). The van der Waals surface area contributed by atoms with Crippen molar-refractivity contribution in [1.29, 1.82) is 0 Å². The first-order chi connectivity index (χ1) is 11.1. The predicted molar refractivity (Wildman–Crippen MR) is 81.8 cm³/mol. The molecule has 8 heteroatoms. The third-order valence-electron chi connectivity index (χ3n) is 4.25. The summed E-state index contributed by atoms with van der Waals surface area (Å²) in [6.07, 6.45) is 0.256. The van der Waals surface area contributed by atoms with Crippen LogP contribution in [0.2, 0.25) is 0 Å². The van der Waals surface area contributed by atoms with Gasteiger partial charge in [-0.05, 0) is 6.92 Å². The summed E-state index contributed by atoms with van der Waals surface area (Å²) in [6, 6.07) is 1.66. The lowest BCUT2D eigenvalue weighted by Gasteiger charge is -2.28. The number of aryl methyl sites for hydroxylation is 1. The summed E-state index contributed by atoms with van der Waals surface area (Å²) in [7, 11) is 0. The molecule has 0 aromatic carbocycles. The molecule has 126 valence electrons. The van der Waals surface area contributed by atoms with Gasteiger partial charge in [-0.15, -0.1) is 0 Å². The van der Waals surface area contributed by atoms with Gasteiger partial charge in [0.05, 0.1) is 19.1 Å². The maximum absolute atomic E-state index is 12.2. The molecule has 2 saturated heterocycles. The fraction of sp³-hybridized carbons (Fsp3) is 0.667. The minimum absolute atomic E-state index is 0.0368. The molecule has 23 heavy (non-hydrogen) atoms. The van der Waals surface area contributed by atoms with E-state index in [1.54, 1.807) is 17.9 Å². The SMILES string of the molecule is Cc1cc(NC(=O)C2CC(=O)N(CCN3CCOCC3)C2)no1. The number of anilines is 1. The van der Waals surface area contributed by atoms with Gasteiger partial charge in [-0.2, -0.15) is 0 Å². The number of amides is 2. The van der Waals surface area contributed by atoms with Crippen LogP contribution in [0.5, 0.6) is 0 Å². The van der Waals surface area contributed by atoms with E-state index in [4.69, 9.17) is 9.26 Å². The Hall–Kier alpha value is -1.93. The second kappa shape index (κ2) is 7.10. The van der Waals surface area contributed by atoms with Crippen molar-refractivity contribution in [2.45, 2.75) is 13.3 Å². The molecular formula is C15H22N4O4. The van der Waals surface area contributed by atoms with Crippen molar-refractivity contribution in [3.05, 3.63) is 11.8 Å². The van der Waals surface area contributed by atoms with Crippen molar-refractivity contribution in [2.24, 2.45) is 5.92 Å². The number of hydrogen-bond acceptors (Lipinski definition) is 6. The molecular weight excluding hydrogens is 300 g/mol. The predicted octanol–water partition coefficient (Wildman–Crippen LogP) is 0.102. The van der Waals surface area contributed by atoms with Gasteiger partial charge >= 0.3 is 0 Å². The van der Waals surface area contributed by atoms with Crippen molar-refractivity contribution < 1.29 is 18.8 Å². The van der Waals surface area contributed by atoms with Crippen molar-refractivity contribution >= 4 is 17.6 Å². The summed E-state index contributed by atoms with van der Waals surface area (Å²) in [6.45, 7) is 7.00. The third kappa shape index (κ3) is 4.08. The van der Waals surface area contributed by atoms with E-state index in [9.17, 15) is 9.59 Å². The van der Waals surface area contributed by atoms with Crippen LogP contribution in [0.15, 0.2) is 10.6 Å². The molecule has 0 saturated carbocycles. The molecule has 2 fully saturated rings.